The Bertz CT molecular complexity index is 303. The smallest absolute Gasteiger partial charge is 0.128 e. The lowest BCUT2D eigenvalue weighted by Crippen LogP contribution is -2.26. The highest BCUT2D eigenvalue weighted by molar-refractivity contribution is 5.78. The quantitative estimate of drug-likeness (QED) is 0.585. The second-order valence-electron chi connectivity index (χ2n) is 3.51. The Hall–Kier alpha value is -1.32. The van der Waals surface area contributed by atoms with Crippen LogP contribution in [-0.4, -0.2) is 27.3 Å². The van der Waals surface area contributed by atoms with Crippen LogP contribution in [0.4, 0.5) is 0 Å². The second kappa shape index (κ2) is 4.79. The van der Waals surface area contributed by atoms with Crippen LogP contribution in [0.2, 0.25) is 0 Å². The molecule has 0 aliphatic heterocycles. The van der Waals surface area contributed by atoms with Crippen molar-refractivity contribution in [2.45, 2.75) is 26.3 Å². The lowest BCUT2D eigenvalue weighted by atomic mass is 10.3. The van der Waals surface area contributed by atoms with Crippen LogP contribution in [0.25, 0.3) is 0 Å². The van der Waals surface area contributed by atoms with Crippen molar-refractivity contribution in [3.63, 3.8) is 0 Å². The van der Waals surface area contributed by atoms with Crippen LogP contribution in [-0.2, 0) is 13.6 Å². The number of aromatic nitrogens is 2. The number of amidine groups is 1. The minimum Gasteiger partial charge on any atom is -0.356 e. The van der Waals surface area contributed by atoms with Gasteiger partial charge >= 0.3 is 0 Å². The van der Waals surface area contributed by atoms with E-state index < -0.39 is 0 Å². The van der Waals surface area contributed by atoms with Gasteiger partial charge in [0.25, 0.3) is 0 Å². The van der Waals surface area contributed by atoms with Crippen molar-refractivity contribution in [3.8, 4) is 0 Å². The lowest BCUT2D eigenvalue weighted by molar-refractivity contribution is 0.459. The first-order valence-electron chi connectivity index (χ1n) is 4.90. The molecule has 0 radical (unpaired) electrons. The Morgan fingerprint density at radius 2 is 2.36 bits per heavy atom. The fourth-order valence-electron chi connectivity index (χ4n) is 1.28. The molecule has 1 aromatic heterocycles. The van der Waals surface area contributed by atoms with E-state index in [1.165, 1.54) is 0 Å². The first-order valence-corrected chi connectivity index (χ1v) is 4.90. The van der Waals surface area contributed by atoms with Gasteiger partial charge in [0.1, 0.15) is 5.82 Å². The summed E-state index contributed by atoms with van der Waals surface area (Å²) in [6, 6.07) is 0. The SMILES string of the molecule is CCCC(=N)N(C)Cc1nccn1C. The summed E-state index contributed by atoms with van der Waals surface area (Å²) in [5.74, 6) is 1.67. The zero-order valence-electron chi connectivity index (χ0n) is 9.12. The van der Waals surface area contributed by atoms with Crippen molar-refractivity contribution in [2.24, 2.45) is 7.05 Å². The number of imidazole rings is 1. The molecule has 4 heteroatoms. The molecule has 4 nitrogen and oxygen atoms in total. The monoisotopic (exact) mass is 194 g/mol. The van der Waals surface area contributed by atoms with Crippen LogP contribution >= 0.6 is 0 Å². The molecule has 78 valence electrons. The van der Waals surface area contributed by atoms with E-state index in [1.54, 1.807) is 6.20 Å². The molecule has 0 unspecified atom stereocenters. The number of hydrogen-bond acceptors (Lipinski definition) is 2. The van der Waals surface area contributed by atoms with E-state index in [2.05, 4.69) is 11.9 Å². The third kappa shape index (κ3) is 2.58. The van der Waals surface area contributed by atoms with E-state index >= 15 is 0 Å². The zero-order chi connectivity index (χ0) is 10.6. The summed E-state index contributed by atoms with van der Waals surface area (Å²) in [6.45, 7) is 2.80. The highest BCUT2D eigenvalue weighted by Gasteiger charge is 2.06. The molecule has 0 fully saturated rings. The molecule has 0 saturated heterocycles. The molecule has 1 aromatic rings. The maximum Gasteiger partial charge on any atom is 0.128 e. The van der Waals surface area contributed by atoms with Crippen molar-refractivity contribution in [3.05, 3.63) is 18.2 Å². The molecule has 0 aliphatic rings. The van der Waals surface area contributed by atoms with Crippen molar-refractivity contribution in [2.75, 3.05) is 7.05 Å². The highest BCUT2D eigenvalue weighted by atomic mass is 15.2. The Balaban J connectivity index is 2.52. The average Bonchev–Trinajstić information content (AvgIpc) is 2.52. The molecule has 0 bridgehead atoms. The van der Waals surface area contributed by atoms with Gasteiger partial charge < -0.3 is 9.47 Å². The molecule has 0 amide bonds. The summed E-state index contributed by atoms with van der Waals surface area (Å²) >= 11 is 0. The molecule has 0 aromatic carbocycles. The third-order valence-electron chi connectivity index (χ3n) is 2.25. The van der Waals surface area contributed by atoms with Gasteiger partial charge in [-0.3, -0.25) is 5.41 Å². The van der Waals surface area contributed by atoms with Crippen molar-refractivity contribution >= 4 is 5.84 Å². The van der Waals surface area contributed by atoms with Crippen LogP contribution in [0.5, 0.6) is 0 Å². The van der Waals surface area contributed by atoms with Gasteiger partial charge in [-0.25, -0.2) is 4.98 Å². The molecule has 0 aliphatic carbocycles. The van der Waals surface area contributed by atoms with E-state index in [4.69, 9.17) is 5.41 Å². The highest BCUT2D eigenvalue weighted by Crippen LogP contribution is 2.02. The molecule has 0 saturated carbocycles. The molecular weight excluding hydrogens is 176 g/mol. The van der Waals surface area contributed by atoms with Crippen LogP contribution in [0.15, 0.2) is 12.4 Å². The molecule has 1 rings (SSSR count). The van der Waals surface area contributed by atoms with Crippen molar-refractivity contribution in [1.29, 1.82) is 5.41 Å². The lowest BCUT2D eigenvalue weighted by Gasteiger charge is -2.19. The summed E-state index contributed by atoms with van der Waals surface area (Å²) in [5.41, 5.74) is 0. The van der Waals surface area contributed by atoms with Gasteiger partial charge in [0, 0.05) is 32.9 Å². The molecule has 14 heavy (non-hydrogen) atoms. The van der Waals surface area contributed by atoms with Gasteiger partial charge in [-0.05, 0) is 6.42 Å². The number of aryl methyl sites for hydroxylation is 1. The van der Waals surface area contributed by atoms with Gasteiger partial charge in [0.2, 0.25) is 0 Å². The van der Waals surface area contributed by atoms with Crippen LogP contribution in [0.3, 0.4) is 0 Å². The Morgan fingerprint density at radius 3 is 2.86 bits per heavy atom. The van der Waals surface area contributed by atoms with Gasteiger partial charge in [0.15, 0.2) is 0 Å². The van der Waals surface area contributed by atoms with Crippen molar-refractivity contribution < 1.29 is 0 Å². The van der Waals surface area contributed by atoms with Crippen LogP contribution in [0.1, 0.15) is 25.6 Å². The Morgan fingerprint density at radius 1 is 1.64 bits per heavy atom. The molecular formula is C10H18N4. The van der Waals surface area contributed by atoms with E-state index in [9.17, 15) is 0 Å². The first kappa shape index (κ1) is 10.8. The summed E-state index contributed by atoms with van der Waals surface area (Å²) in [4.78, 5) is 6.16. The Kier molecular flexibility index (Phi) is 3.68. The standard InChI is InChI=1S/C10H18N4/c1-4-5-9(11)14(3)8-10-12-6-7-13(10)2/h6-7,11H,4-5,8H2,1-3H3. The maximum atomic E-state index is 7.76. The second-order valence-corrected chi connectivity index (χ2v) is 3.51. The normalized spacial score (nSPS) is 10.2. The largest absolute Gasteiger partial charge is 0.356 e. The summed E-state index contributed by atoms with van der Waals surface area (Å²) in [6.07, 6.45) is 5.56. The van der Waals surface area contributed by atoms with Crippen LogP contribution in [0, 0.1) is 5.41 Å². The maximum absolute atomic E-state index is 7.76. The fraction of sp³-hybridized carbons (Fsp3) is 0.600. The predicted molar refractivity (Wildman–Crippen MR) is 57.3 cm³/mol. The first-order chi connectivity index (χ1) is 6.65. The minimum absolute atomic E-state index is 0.676. The van der Waals surface area contributed by atoms with Gasteiger partial charge in [-0.2, -0.15) is 0 Å². The molecule has 0 atom stereocenters. The van der Waals surface area contributed by atoms with E-state index in [0.29, 0.717) is 12.4 Å². The number of nitrogens with zero attached hydrogens (tertiary/aromatic N) is 3. The molecule has 1 heterocycles. The zero-order valence-corrected chi connectivity index (χ0v) is 9.12. The number of rotatable bonds is 4. The van der Waals surface area contributed by atoms with Crippen LogP contribution < -0.4 is 0 Å². The fourth-order valence-corrected chi connectivity index (χ4v) is 1.28. The van der Waals surface area contributed by atoms with Gasteiger partial charge in [-0.1, -0.05) is 6.92 Å². The topological polar surface area (TPSA) is 44.9 Å². The predicted octanol–water partition coefficient (Wildman–Crippen LogP) is 1.63. The van der Waals surface area contributed by atoms with Crippen molar-refractivity contribution in [1.82, 2.24) is 14.5 Å². The van der Waals surface area contributed by atoms with E-state index in [1.807, 2.05) is 29.8 Å². The summed E-state index contributed by atoms with van der Waals surface area (Å²) in [5, 5.41) is 7.76. The Labute approximate surface area is 85.1 Å². The summed E-state index contributed by atoms with van der Waals surface area (Å²) < 4.78 is 1.98. The third-order valence-corrected chi connectivity index (χ3v) is 2.25. The average molecular weight is 194 g/mol. The summed E-state index contributed by atoms with van der Waals surface area (Å²) in [7, 11) is 3.91. The minimum atomic E-state index is 0.676. The molecule has 1 N–H and O–H groups in total. The van der Waals surface area contributed by atoms with E-state index in [-0.39, 0.29) is 0 Å². The number of hydrogen-bond donors (Lipinski definition) is 1. The number of nitrogens with one attached hydrogen (secondary N) is 1. The van der Waals surface area contributed by atoms with E-state index in [0.717, 1.165) is 18.7 Å². The van der Waals surface area contributed by atoms with Gasteiger partial charge in [0.05, 0.1) is 12.4 Å². The molecule has 0 spiro atoms. The van der Waals surface area contributed by atoms with Gasteiger partial charge in [-0.15, -0.1) is 0 Å².